The Balaban J connectivity index is 1.86. The molecule has 2 aliphatic rings. The average Bonchev–Trinajstić information content (AvgIpc) is 2.86. The second-order valence-corrected chi connectivity index (χ2v) is 6.63. The van der Waals surface area contributed by atoms with Gasteiger partial charge in [-0.3, -0.25) is 4.79 Å². The molecule has 4 heteroatoms. The van der Waals surface area contributed by atoms with Gasteiger partial charge >= 0.3 is 0 Å². The molecule has 1 heterocycles. The largest absolute Gasteiger partial charge is 0.393 e. The highest BCUT2D eigenvalue weighted by Gasteiger charge is 2.43. The molecule has 1 saturated heterocycles. The molecule has 3 N–H and O–H groups in total. The number of aliphatic hydroxyl groups is 1. The monoisotopic (exact) mass is 268 g/mol. The van der Waals surface area contributed by atoms with Crippen molar-refractivity contribution in [3.05, 3.63) is 0 Å². The molecule has 2 fully saturated rings. The lowest BCUT2D eigenvalue weighted by molar-refractivity contribution is -0.132. The summed E-state index contributed by atoms with van der Waals surface area (Å²) in [7, 11) is 0. The van der Waals surface area contributed by atoms with Gasteiger partial charge < -0.3 is 15.7 Å². The lowest BCUT2D eigenvalue weighted by atomic mass is 9.75. The third kappa shape index (κ3) is 3.29. The molecule has 0 aromatic carbocycles. The van der Waals surface area contributed by atoms with E-state index in [9.17, 15) is 9.90 Å². The molecule has 3 atom stereocenters. The Kier molecular flexibility index (Phi) is 4.85. The predicted octanol–water partition coefficient (Wildman–Crippen LogP) is 1.29. The van der Waals surface area contributed by atoms with E-state index in [0.29, 0.717) is 11.8 Å². The average molecular weight is 268 g/mol. The van der Waals surface area contributed by atoms with Gasteiger partial charge in [-0.2, -0.15) is 0 Å². The van der Waals surface area contributed by atoms with E-state index in [2.05, 4.69) is 24.5 Å². The quantitative estimate of drug-likeness (QED) is 0.720. The first-order chi connectivity index (χ1) is 9.04. The molecule has 19 heavy (non-hydrogen) atoms. The molecule has 110 valence electrons. The van der Waals surface area contributed by atoms with Crippen molar-refractivity contribution in [1.29, 1.82) is 0 Å². The van der Waals surface area contributed by atoms with Gasteiger partial charge in [0.05, 0.1) is 11.5 Å². The first-order valence-corrected chi connectivity index (χ1v) is 7.71. The van der Waals surface area contributed by atoms with E-state index in [1.165, 1.54) is 0 Å². The normalized spacial score (nSPS) is 35.6. The van der Waals surface area contributed by atoms with E-state index in [1.54, 1.807) is 0 Å². The summed E-state index contributed by atoms with van der Waals surface area (Å²) >= 11 is 0. The van der Waals surface area contributed by atoms with Gasteiger partial charge in [0.15, 0.2) is 0 Å². The molecular weight excluding hydrogens is 240 g/mol. The Hall–Kier alpha value is -0.610. The number of nitrogens with one attached hydrogen (secondary N) is 2. The summed E-state index contributed by atoms with van der Waals surface area (Å²) in [6, 6.07) is 0. The molecule has 0 aromatic heterocycles. The second kappa shape index (κ2) is 6.23. The molecular formula is C15H28N2O2. The highest BCUT2D eigenvalue weighted by atomic mass is 16.3. The maximum atomic E-state index is 12.5. The van der Waals surface area contributed by atoms with Crippen molar-refractivity contribution < 1.29 is 9.90 Å². The number of aliphatic hydroxyl groups excluding tert-OH is 1. The highest BCUT2D eigenvalue weighted by Crippen LogP contribution is 2.34. The van der Waals surface area contributed by atoms with Crippen LogP contribution < -0.4 is 10.6 Å². The Morgan fingerprint density at radius 1 is 1.47 bits per heavy atom. The van der Waals surface area contributed by atoms with E-state index < -0.39 is 0 Å². The first-order valence-electron chi connectivity index (χ1n) is 7.71. The number of hydrogen-bond acceptors (Lipinski definition) is 3. The van der Waals surface area contributed by atoms with Crippen LogP contribution in [0.25, 0.3) is 0 Å². The van der Waals surface area contributed by atoms with Crippen LogP contribution in [0.1, 0.15) is 46.0 Å². The smallest absolute Gasteiger partial charge is 0.227 e. The van der Waals surface area contributed by atoms with E-state index in [1.807, 2.05) is 0 Å². The lowest BCUT2D eigenvalue weighted by Gasteiger charge is -2.33. The van der Waals surface area contributed by atoms with Crippen molar-refractivity contribution in [1.82, 2.24) is 10.6 Å². The second-order valence-electron chi connectivity index (χ2n) is 6.63. The van der Waals surface area contributed by atoms with Gasteiger partial charge in [-0.1, -0.05) is 20.3 Å². The molecule has 4 nitrogen and oxygen atoms in total. The molecule has 1 aliphatic carbocycles. The van der Waals surface area contributed by atoms with Gasteiger partial charge in [0.1, 0.15) is 0 Å². The molecule has 1 aliphatic heterocycles. The zero-order chi connectivity index (χ0) is 13.9. The maximum Gasteiger partial charge on any atom is 0.227 e. The van der Waals surface area contributed by atoms with Crippen LogP contribution in [0.5, 0.6) is 0 Å². The molecule has 0 radical (unpaired) electrons. The van der Waals surface area contributed by atoms with Gasteiger partial charge in [-0.25, -0.2) is 0 Å². The fourth-order valence-electron chi connectivity index (χ4n) is 3.52. The summed E-state index contributed by atoms with van der Waals surface area (Å²) < 4.78 is 0. The standard InChI is InChI=1S/C15H28N2O2/c1-11(2)15(6-7-16-10-15)14(19)17-9-12-4-3-5-13(18)8-12/h11-13,16,18H,3-10H2,1-2H3,(H,17,19). The SMILES string of the molecule is CC(C)C1(C(=O)NCC2CCCC(O)C2)CCNC1. The number of hydrogen-bond donors (Lipinski definition) is 3. The van der Waals surface area contributed by atoms with Crippen LogP contribution in [0, 0.1) is 17.3 Å². The van der Waals surface area contributed by atoms with Crippen molar-refractivity contribution in [3.63, 3.8) is 0 Å². The number of rotatable bonds is 4. The van der Waals surface area contributed by atoms with Crippen molar-refractivity contribution >= 4 is 5.91 Å². The minimum Gasteiger partial charge on any atom is -0.393 e. The third-order valence-electron chi connectivity index (χ3n) is 5.05. The number of carbonyl (C=O) groups excluding carboxylic acids is 1. The van der Waals surface area contributed by atoms with E-state index >= 15 is 0 Å². The predicted molar refractivity (Wildman–Crippen MR) is 75.7 cm³/mol. The Labute approximate surface area is 116 Å². The fourth-order valence-corrected chi connectivity index (χ4v) is 3.52. The van der Waals surface area contributed by atoms with Crippen LogP contribution in [0.4, 0.5) is 0 Å². The summed E-state index contributed by atoms with van der Waals surface area (Å²) in [6.07, 6.45) is 4.74. The van der Waals surface area contributed by atoms with Crippen molar-refractivity contribution in [3.8, 4) is 0 Å². The van der Waals surface area contributed by atoms with Gasteiger partial charge in [0, 0.05) is 13.1 Å². The molecule has 1 saturated carbocycles. The van der Waals surface area contributed by atoms with E-state index in [0.717, 1.165) is 51.7 Å². The van der Waals surface area contributed by atoms with Crippen LogP contribution in [0.15, 0.2) is 0 Å². The highest BCUT2D eigenvalue weighted by molar-refractivity contribution is 5.83. The minimum atomic E-state index is -0.229. The maximum absolute atomic E-state index is 12.5. The Morgan fingerprint density at radius 3 is 2.84 bits per heavy atom. The van der Waals surface area contributed by atoms with Crippen LogP contribution >= 0.6 is 0 Å². The number of amides is 1. The fraction of sp³-hybridized carbons (Fsp3) is 0.933. The summed E-state index contributed by atoms with van der Waals surface area (Å²) in [5.41, 5.74) is -0.229. The zero-order valence-corrected chi connectivity index (χ0v) is 12.2. The third-order valence-corrected chi connectivity index (χ3v) is 5.05. The van der Waals surface area contributed by atoms with Gasteiger partial charge in [0.25, 0.3) is 0 Å². The number of carbonyl (C=O) groups is 1. The molecule has 0 aromatic rings. The lowest BCUT2D eigenvalue weighted by Crippen LogP contribution is -2.47. The minimum absolute atomic E-state index is 0.164. The van der Waals surface area contributed by atoms with E-state index in [-0.39, 0.29) is 17.4 Å². The molecule has 1 amide bonds. The van der Waals surface area contributed by atoms with E-state index in [4.69, 9.17) is 0 Å². The van der Waals surface area contributed by atoms with Gasteiger partial charge in [-0.15, -0.1) is 0 Å². The summed E-state index contributed by atoms with van der Waals surface area (Å²) in [5, 5.41) is 16.1. The molecule has 0 bridgehead atoms. The van der Waals surface area contributed by atoms with Crippen LogP contribution in [0.2, 0.25) is 0 Å². The molecule has 0 spiro atoms. The topological polar surface area (TPSA) is 61.4 Å². The molecule has 3 unspecified atom stereocenters. The Morgan fingerprint density at radius 2 is 2.26 bits per heavy atom. The van der Waals surface area contributed by atoms with Crippen molar-refractivity contribution in [2.45, 2.75) is 52.1 Å². The Bertz CT molecular complexity index is 311. The van der Waals surface area contributed by atoms with Crippen LogP contribution in [0.3, 0.4) is 0 Å². The van der Waals surface area contributed by atoms with Crippen LogP contribution in [-0.2, 0) is 4.79 Å². The van der Waals surface area contributed by atoms with Crippen molar-refractivity contribution in [2.75, 3.05) is 19.6 Å². The van der Waals surface area contributed by atoms with Crippen LogP contribution in [-0.4, -0.2) is 36.8 Å². The van der Waals surface area contributed by atoms with Gasteiger partial charge in [-0.05, 0) is 44.1 Å². The summed E-state index contributed by atoms with van der Waals surface area (Å²) in [4.78, 5) is 12.5. The summed E-state index contributed by atoms with van der Waals surface area (Å²) in [6.45, 7) is 6.73. The van der Waals surface area contributed by atoms with Gasteiger partial charge in [0.2, 0.25) is 5.91 Å². The molecule has 2 rings (SSSR count). The first kappa shape index (κ1) is 14.8. The summed E-state index contributed by atoms with van der Waals surface area (Å²) in [5.74, 6) is 1.01. The van der Waals surface area contributed by atoms with Crippen molar-refractivity contribution in [2.24, 2.45) is 17.3 Å². The zero-order valence-electron chi connectivity index (χ0n) is 12.2.